The van der Waals surface area contributed by atoms with Gasteiger partial charge < -0.3 is 4.74 Å². The molecule has 3 rings (SSSR count). The topological polar surface area (TPSA) is 81.2 Å². The van der Waals surface area contributed by atoms with Gasteiger partial charge in [0.15, 0.2) is 0 Å². The molecule has 2 aromatic heterocycles. The smallest absolute Gasteiger partial charge is 0.244 e. The predicted octanol–water partition coefficient (Wildman–Crippen LogP) is 3.35. The number of sulfonamides is 1. The van der Waals surface area contributed by atoms with E-state index in [1.54, 1.807) is 12.3 Å². The van der Waals surface area contributed by atoms with Crippen LogP contribution in [-0.2, 0) is 16.6 Å². The molecule has 0 saturated heterocycles. The Kier molecular flexibility index (Phi) is 5.33. The van der Waals surface area contributed by atoms with Gasteiger partial charge in [0, 0.05) is 17.4 Å². The minimum atomic E-state index is -3.83. The van der Waals surface area contributed by atoms with E-state index in [-0.39, 0.29) is 17.2 Å². The lowest BCUT2D eigenvalue weighted by molar-refractivity contribution is 0.402. The highest BCUT2D eigenvalue weighted by molar-refractivity contribution is 7.89. The summed E-state index contributed by atoms with van der Waals surface area (Å²) in [5.41, 5.74) is 1.19. The molecule has 9 heteroatoms. The highest BCUT2D eigenvalue weighted by atomic mass is 35.5. The van der Waals surface area contributed by atoms with E-state index in [1.807, 2.05) is 17.5 Å². The number of thiophene rings is 1. The molecule has 0 aliphatic heterocycles. The first kappa shape index (κ1) is 17.8. The Bertz CT molecular complexity index is 976. The zero-order chi connectivity index (χ0) is 17.9. The van der Waals surface area contributed by atoms with Crippen molar-refractivity contribution in [1.29, 1.82) is 0 Å². The van der Waals surface area contributed by atoms with E-state index in [0.717, 1.165) is 4.88 Å². The van der Waals surface area contributed by atoms with Crippen molar-refractivity contribution in [2.45, 2.75) is 11.4 Å². The minimum Gasteiger partial charge on any atom is -0.495 e. The number of rotatable bonds is 6. The van der Waals surface area contributed by atoms with E-state index in [4.69, 9.17) is 16.3 Å². The summed E-state index contributed by atoms with van der Waals surface area (Å²) in [6.07, 6.45) is 3.10. The monoisotopic (exact) mass is 395 g/mol. The molecule has 1 aromatic carbocycles. The fourth-order valence-electron chi connectivity index (χ4n) is 2.22. The molecule has 0 saturated carbocycles. The molecule has 2 heterocycles. The third kappa shape index (κ3) is 3.98. The van der Waals surface area contributed by atoms with Crippen LogP contribution < -0.4 is 9.46 Å². The molecule has 0 fully saturated rings. The molecule has 3 aromatic rings. The molecule has 0 spiro atoms. The second kappa shape index (κ2) is 7.49. The Hall–Kier alpha value is -2.00. The van der Waals surface area contributed by atoms with Gasteiger partial charge in [0.25, 0.3) is 0 Å². The summed E-state index contributed by atoms with van der Waals surface area (Å²) in [4.78, 5) is 9.46. The molecule has 0 atom stereocenters. The van der Waals surface area contributed by atoms with E-state index in [0.29, 0.717) is 16.4 Å². The van der Waals surface area contributed by atoms with Crippen LogP contribution in [0.2, 0.25) is 5.02 Å². The van der Waals surface area contributed by atoms with Gasteiger partial charge in [-0.15, -0.1) is 11.3 Å². The van der Waals surface area contributed by atoms with Gasteiger partial charge in [-0.2, -0.15) is 0 Å². The molecular weight excluding hydrogens is 382 g/mol. The number of methoxy groups -OCH3 is 1. The van der Waals surface area contributed by atoms with E-state index in [1.165, 1.54) is 36.8 Å². The number of ether oxygens (including phenoxy) is 1. The Morgan fingerprint density at radius 1 is 1.24 bits per heavy atom. The van der Waals surface area contributed by atoms with Crippen molar-refractivity contribution in [3.8, 4) is 16.3 Å². The molecule has 0 aliphatic rings. The molecular formula is C16H14ClN3O3S2. The highest BCUT2D eigenvalue weighted by Gasteiger charge is 2.21. The first-order valence-electron chi connectivity index (χ1n) is 7.18. The second-order valence-electron chi connectivity index (χ2n) is 4.95. The van der Waals surface area contributed by atoms with Crippen molar-refractivity contribution in [3.63, 3.8) is 0 Å². The molecule has 0 aliphatic carbocycles. The number of hydrogen-bond donors (Lipinski definition) is 1. The van der Waals surface area contributed by atoms with Gasteiger partial charge in [0.1, 0.15) is 16.3 Å². The maximum Gasteiger partial charge on any atom is 0.244 e. The highest BCUT2D eigenvalue weighted by Crippen LogP contribution is 2.28. The summed E-state index contributed by atoms with van der Waals surface area (Å²) in [5, 5.41) is 2.23. The first-order valence-corrected chi connectivity index (χ1v) is 9.92. The summed E-state index contributed by atoms with van der Waals surface area (Å²) >= 11 is 7.43. The van der Waals surface area contributed by atoms with Crippen LogP contribution in [0.3, 0.4) is 0 Å². The Labute approximate surface area is 154 Å². The van der Waals surface area contributed by atoms with Crippen molar-refractivity contribution < 1.29 is 13.2 Å². The quantitative estimate of drug-likeness (QED) is 0.692. The number of nitrogens with one attached hydrogen (secondary N) is 1. The number of aromatic nitrogens is 2. The van der Waals surface area contributed by atoms with Gasteiger partial charge in [0.2, 0.25) is 10.0 Å². The number of nitrogens with zero attached hydrogens (tertiary/aromatic N) is 2. The van der Waals surface area contributed by atoms with Crippen LogP contribution in [-0.4, -0.2) is 25.5 Å². The third-order valence-corrected chi connectivity index (χ3v) is 5.91. The molecule has 0 radical (unpaired) electrons. The maximum atomic E-state index is 12.6. The van der Waals surface area contributed by atoms with Crippen LogP contribution in [0.15, 0.2) is 53.0 Å². The van der Waals surface area contributed by atoms with Crippen LogP contribution >= 0.6 is 22.9 Å². The summed E-state index contributed by atoms with van der Waals surface area (Å²) in [6, 6.07) is 8.24. The van der Waals surface area contributed by atoms with Crippen molar-refractivity contribution in [3.05, 3.63) is 58.8 Å². The third-order valence-electron chi connectivity index (χ3n) is 3.37. The van der Waals surface area contributed by atoms with Crippen LogP contribution in [0.5, 0.6) is 5.75 Å². The predicted molar refractivity (Wildman–Crippen MR) is 97.4 cm³/mol. The summed E-state index contributed by atoms with van der Waals surface area (Å²) in [6.45, 7) is -0.000918. The molecule has 1 N–H and O–H groups in total. The lowest BCUT2D eigenvalue weighted by Gasteiger charge is -2.12. The Morgan fingerprint density at radius 3 is 2.76 bits per heavy atom. The molecule has 0 amide bonds. The van der Waals surface area contributed by atoms with Gasteiger partial charge in [-0.25, -0.2) is 13.1 Å². The largest absolute Gasteiger partial charge is 0.495 e. The average molecular weight is 396 g/mol. The van der Waals surface area contributed by atoms with E-state index < -0.39 is 10.0 Å². The van der Waals surface area contributed by atoms with Gasteiger partial charge in [-0.05, 0) is 29.6 Å². The standard InChI is InChI=1S/C16H14ClN3O3S2/c1-23-13-5-4-11(17)9-15(13)25(21,22)20-10-12-16(19-7-6-18-12)14-3-2-8-24-14/h2-9,20H,10H2,1H3. The van der Waals surface area contributed by atoms with E-state index in [9.17, 15) is 8.42 Å². The van der Waals surface area contributed by atoms with Crippen molar-refractivity contribution in [1.82, 2.24) is 14.7 Å². The second-order valence-corrected chi connectivity index (χ2v) is 8.07. The molecule has 0 unspecified atom stereocenters. The minimum absolute atomic E-state index is 0.000918. The van der Waals surface area contributed by atoms with Crippen molar-refractivity contribution >= 4 is 33.0 Å². The SMILES string of the molecule is COc1ccc(Cl)cc1S(=O)(=O)NCc1nccnc1-c1cccs1. The normalized spacial score (nSPS) is 11.4. The zero-order valence-electron chi connectivity index (χ0n) is 13.1. The molecule has 6 nitrogen and oxygen atoms in total. The number of benzene rings is 1. The Balaban J connectivity index is 1.88. The van der Waals surface area contributed by atoms with Crippen LogP contribution in [0, 0.1) is 0 Å². The van der Waals surface area contributed by atoms with Crippen LogP contribution in [0.4, 0.5) is 0 Å². The summed E-state index contributed by atoms with van der Waals surface area (Å²) < 4.78 is 32.9. The summed E-state index contributed by atoms with van der Waals surface area (Å²) in [5.74, 6) is 0.217. The van der Waals surface area contributed by atoms with E-state index in [2.05, 4.69) is 14.7 Å². The first-order chi connectivity index (χ1) is 12.0. The fourth-order valence-corrected chi connectivity index (χ4v) is 4.38. The number of hydrogen-bond acceptors (Lipinski definition) is 6. The van der Waals surface area contributed by atoms with Gasteiger partial charge in [-0.1, -0.05) is 17.7 Å². The van der Waals surface area contributed by atoms with Gasteiger partial charge in [-0.3, -0.25) is 9.97 Å². The van der Waals surface area contributed by atoms with Crippen LogP contribution in [0.1, 0.15) is 5.69 Å². The van der Waals surface area contributed by atoms with Gasteiger partial charge >= 0.3 is 0 Å². The zero-order valence-corrected chi connectivity index (χ0v) is 15.5. The van der Waals surface area contributed by atoms with Crippen molar-refractivity contribution in [2.24, 2.45) is 0 Å². The Morgan fingerprint density at radius 2 is 2.04 bits per heavy atom. The maximum absolute atomic E-state index is 12.6. The number of halogens is 1. The van der Waals surface area contributed by atoms with E-state index >= 15 is 0 Å². The molecule has 25 heavy (non-hydrogen) atoms. The lowest BCUT2D eigenvalue weighted by Crippen LogP contribution is -2.24. The molecule has 0 bridgehead atoms. The lowest BCUT2D eigenvalue weighted by atomic mass is 10.2. The van der Waals surface area contributed by atoms with Crippen molar-refractivity contribution in [2.75, 3.05) is 7.11 Å². The average Bonchev–Trinajstić information content (AvgIpc) is 3.15. The van der Waals surface area contributed by atoms with Crippen LogP contribution in [0.25, 0.3) is 10.6 Å². The fraction of sp³-hybridized carbons (Fsp3) is 0.125. The molecule has 130 valence electrons. The summed E-state index contributed by atoms with van der Waals surface area (Å²) in [7, 11) is -2.43. The van der Waals surface area contributed by atoms with Gasteiger partial charge in [0.05, 0.1) is 24.2 Å².